The van der Waals surface area contributed by atoms with Crippen LogP contribution in [0.2, 0.25) is 0 Å². The molecule has 28 heavy (non-hydrogen) atoms. The summed E-state index contributed by atoms with van der Waals surface area (Å²) in [6.45, 7) is 1.92. The lowest BCUT2D eigenvalue weighted by Gasteiger charge is -2.16. The van der Waals surface area contributed by atoms with Crippen LogP contribution in [0.1, 0.15) is 11.1 Å². The van der Waals surface area contributed by atoms with Gasteiger partial charge in [0.15, 0.2) is 0 Å². The smallest absolute Gasteiger partial charge is 0.142 e. The number of rotatable bonds is 5. The van der Waals surface area contributed by atoms with Crippen molar-refractivity contribution in [2.45, 2.75) is 6.92 Å². The number of pyridine rings is 1. The molecule has 2 N–H and O–H groups in total. The molecule has 0 bridgehead atoms. The van der Waals surface area contributed by atoms with Gasteiger partial charge < -0.3 is 19.9 Å². The summed E-state index contributed by atoms with van der Waals surface area (Å²) >= 11 is 0. The monoisotopic (exact) mass is 375 g/mol. The Morgan fingerprint density at radius 3 is 1.93 bits per heavy atom. The highest BCUT2D eigenvalue weighted by Crippen LogP contribution is 2.39. The molecule has 0 radical (unpaired) electrons. The number of nitrogens with zero attached hydrogens (tertiary/aromatic N) is 2. The maximum atomic E-state index is 9.72. The predicted octanol–water partition coefficient (Wildman–Crippen LogP) is 4.20. The summed E-state index contributed by atoms with van der Waals surface area (Å²) in [6, 6.07) is 15.2. The predicted molar refractivity (Wildman–Crippen MR) is 109 cm³/mol. The summed E-state index contributed by atoms with van der Waals surface area (Å²) < 4.78 is 16.0. The topological polar surface area (TPSA) is 90.4 Å². The number of anilines is 1. The van der Waals surface area contributed by atoms with Crippen molar-refractivity contribution in [1.82, 2.24) is 4.98 Å². The molecule has 6 nitrogen and oxygen atoms in total. The number of methoxy groups -OCH3 is 3. The van der Waals surface area contributed by atoms with Gasteiger partial charge in [-0.15, -0.1) is 0 Å². The van der Waals surface area contributed by atoms with Crippen LogP contribution in [0.3, 0.4) is 0 Å². The van der Waals surface area contributed by atoms with Crippen LogP contribution in [-0.4, -0.2) is 26.3 Å². The van der Waals surface area contributed by atoms with E-state index in [0.717, 1.165) is 22.4 Å². The third kappa shape index (κ3) is 3.42. The van der Waals surface area contributed by atoms with Crippen molar-refractivity contribution in [3.8, 4) is 45.7 Å². The molecule has 3 rings (SSSR count). The van der Waals surface area contributed by atoms with Gasteiger partial charge in [0.05, 0.1) is 27.0 Å². The highest BCUT2D eigenvalue weighted by molar-refractivity contribution is 5.85. The molecule has 0 fully saturated rings. The number of hydrogen-bond acceptors (Lipinski definition) is 6. The molecule has 1 heterocycles. The number of hydrogen-bond donors (Lipinski definition) is 1. The molecule has 3 aromatic rings. The maximum absolute atomic E-state index is 9.72. The van der Waals surface area contributed by atoms with Gasteiger partial charge in [0, 0.05) is 17.2 Å². The van der Waals surface area contributed by atoms with Crippen molar-refractivity contribution < 1.29 is 14.2 Å². The van der Waals surface area contributed by atoms with Crippen LogP contribution in [0.15, 0.2) is 42.5 Å². The summed E-state index contributed by atoms with van der Waals surface area (Å²) in [5.41, 5.74) is 10.4. The lowest BCUT2D eigenvalue weighted by atomic mass is 9.92. The zero-order valence-electron chi connectivity index (χ0n) is 16.2. The van der Waals surface area contributed by atoms with Gasteiger partial charge in [-0.2, -0.15) is 5.26 Å². The lowest BCUT2D eigenvalue weighted by Crippen LogP contribution is -2.03. The normalized spacial score (nSPS) is 10.2. The number of aromatic nitrogens is 1. The van der Waals surface area contributed by atoms with Gasteiger partial charge in [-0.05, 0) is 54.4 Å². The molecule has 0 unspecified atom stereocenters. The number of nitriles is 1. The summed E-state index contributed by atoms with van der Waals surface area (Å²) in [5.74, 6) is 2.18. The van der Waals surface area contributed by atoms with E-state index in [2.05, 4.69) is 11.1 Å². The molecule has 142 valence electrons. The van der Waals surface area contributed by atoms with Gasteiger partial charge in [-0.3, -0.25) is 0 Å². The van der Waals surface area contributed by atoms with Crippen LogP contribution in [0.4, 0.5) is 5.82 Å². The van der Waals surface area contributed by atoms with E-state index in [1.807, 2.05) is 43.3 Å². The summed E-state index contributed by atoms with van der Waals surface area (Å²) in [7, 11) is 4.78. The molecule has 0 amide bonds. The minimum Gasteiger partial charge on any atom is -0.497 e. The maximum Gasteiger partial charge on any atom is 0.142 e. The molecule has 0 spiro atoms. The Kier molecular flexibility index (Phi) is 5.37. The highest BCUT2D eigenvalue weighted by atomic mass is 16.5. The number of benzene rings is 2. The molecule has 0 atom stereocenters. The van der Waals surface area contributed by atoms with Crippen molar-refractivity contribution in [2.75, 3.05) is 27.1 Å². The van der Waals surface area contributed by atoms with Crippen molar-refractivity contribution in [3.63, 3.8) is 0 Å². The minimum absolute atomic E-state index is 0.177. The molecule has 6 heteroatoms. The molecule has 0 aliphatic rings. The van der Waals surface area contributed by atoms with Gasteiger partial charge in [-0.1, -0.05) is 0 Å². The summed E-state index contributed by atoms with van der Waals surface area (Å²) in [6.07, 6.45) is 0. The average Bonchev–Trinajstić information content (AvgIpc) is 2.74. The molecule has 0 saturated carbocycles. The van der Waals surface area contributed by atoms with Gasteiger partial charge in [-0.25, -0.2) is 4.98 Å². The number of nitrogens with two attached hydrogens (primary N) is 1. The van der Waals surface area contributed by atoms with E-state index in [1.54, 1.807) is 27.4 Å². The SMILES string of the molecule is COc1ccc(-c2nc(N)c(C#N)c(-c3cc(OC)cc(OC)c3)c2C)cc1. The zero-order valence-corrected chi connectivity index (χ0v) is 16.2. The zero-order chi connectivity index (χ0) is 20.3. The fourth-order valence-corrected chi connectivity index (χ4v) is 3.15. The van der Waals surface area contributed by atoms with Gasteiger partial charge >= 0.3 is 0 Å². The van der Waals surface area contributed by atoms with Crippen LogP contribution in [0.25, 0.3) is 22.4 Å². The van der Waals surface area contributed by atoms with Crippen molar-refractivity contribution in [1.29, 1.82) is 5.26 Å². The number of ether oxygens (including phenoxy) is 3. The first-order valence-corrected chi connectivity index (χ1v) is 8.60. The average molecular weight is 375 g/mol. The van der Waals surface area contributed by atoms with E-state index >= 15 is 0 Å². The van der Waals surface area contributed by atoms with Gasteiger partial charge in [0.1, 0.15) is 34.7 Å². The third-order valence-corrected chi connectivity index (χ3v) is 4.58. The Hall–Kier alpha value is -3.72. The van der Waals surface area contributed by atoms with E-state index < -0.39 is 0 Å². The fourth-order valence-electron chi connectivity index (χ4n) is 3.15. The second kappa shape index (κ2) is 7.89. The lowest BCUT2D eigenvalue weighted by molar-refractivity contribution is 0.394. The highest BCUT2D eigenvalue weighted by Gasteiger charge is 2.19. The Balaban J connectivity index is 2.29. The standard InChI is InChI=1S/C22H21N3O3/c1-13-20(15-9-17(27-3)11-18(10-15)28-4)19(12-23)22(24)25-21(13)14-5-7-16(26-2)8-6-14/h5-11H,1-4H3,(H2,24,25). The third-order valence-electron chi connectivity index (χ3n) is 4.58. The van der Waals surface area contributed by atoms with Crippen LogP contribution in [0.5, 0.6) is 17.2 Å². The van der Waals surface area contributed by atoms with Crippen molar-refractivity contribution >= 4 is 5.82 Å². The van der Waals surface area contributed by atoms with E-state index in [9.17, 15) is 5.26 Å². The molecular weight excluding hydrogens is 354 g/mol. The van der Waals surface area contributed by atoms with E-state index in [4.69, 9.17) is 19.9 Å². The summed E-state index contributed by atoms with van der Waals surface area (Å²) in [4.78, 5) is 4.49. The van der Waals surface area contributed by atoms with Crippen LogP contribution < -0.4 is 19.9 Å². The van der Waals surface area contributed by atoms with Crippen molar-refractivity contribution in [2.24, 2.45) is 0 Å². The Bertz CT molecular complexity index is 1030. The quantitative estimate of drug-likeness (QED) is 0.719. The van der Waals surface area contributed by atoms with Crippen LogP contribution in [-0.2, 0) is 0 Å². The largest absolute Gasteiger partial charge is 0.497 e. The number of nitrogen functional groups attached to an aromatic ring is 1. The summed E-state index contributed by atoms with van der Waals surface area (Å²) in [5, 5.41) is 9.72. The van der Waals surface area contributed by atoms with Gasteiger partial charge in [0.2, 0.25) is 0 Å². The second-order valence-electron chi connectivity index (χ2n) is 6.16. The first kappa shape index (κ1) is 19.1. The molecular formula is C22H21N3O3. The first-order chi connectivity index (χ1) is 13.5. The van der Waals surface area contributed by atoms with Gasteiger partial charge in [0.25, 0.3) is 0 Å². The minimum atomic E-state index is 0.177. The van der Waals surface area contributed by atoms with Crippen LogP contribution >= 0.6 is 0 Å². The molecule has 0 aliphatic heterocycles. The Morgan fingerprint density at radius 2 is 1.43 bits per heavy atom. The second-order valence-corrected chi connectivity index (χ2v) is 6.16. The molecule has 2 aromatic carbocycles. The van der Waals surface area contributed by atoms with E-state index in [-0.39, 0.29) is 5.82 Å². The van der Waals surface area contributed by atoms with Crippen molar-refractivity contribution in [3.05, 3.63) is 53.6 Å². The van der Waals surface area contributed by atoms with E-state index in [0.29, 0.717) is 28.3 Å². The van der Waals surface area contributed by atoms with E-state index in [1.165, 1.54) is 0 Å². The molecule has 1 aromatic heterocycles. The molecule has 0 aliphatic carbocycles. The molecule has 0 saturated heterocycles. The first-order valence-electron chi connectivity index (χ1n) is 8.60. The van der Waals surface area contributed by atoms with Crippen LogP contribution in [0, 0.1) is 18.3 Å². The Labute approximate surface area is 164 Å². The Morgan fingerprint density at radius 1 is 0.857 bits per heavy atom. The fraction of sp³-hybridized carbons (Fsp3) is 0.182.